The molecule has 7 nitrogen and oxygen atoms in total. The Morgan fingerprint density at radius 2 is 2.00 bits per heavy atom. The average Bonchev–Trinajstić information content (AvgIpc) is 2.97. The molecule has 25 heavy (non-hydrogen) atoms. The van der Waals surface area contributed by atoms with Crippen LogP contribution in [0.15, 0.2) is 48.5 Å². The van der Waals surface area contributed by atoms with Crippen molar-refractivity contribution < 1.29 is 14.5 Å². The van der Waals surface area contributed by atoms with E-state index in [0.717, 1.165) is 0 Å². The van der Waals surface area contributed by atoms with E-state index in [2.05, 4.69) is 5.32 Å². The first-order chi connectivity index (χ1) is 11.9. The van der Waals surface area contributed by atoms with Crippen molar-refractivity contribution in [1.82, 2.24) is 0 Å². The van der Waals surface area contributed by atoms with E-state index in [1.54, 1.807) is 30.3 Å². The molecule has 1 saturated heterocycles. The summed E-state index contributed by atoms with van der Waals surface area (Å²) in [4.78, 5) is 36.4. The van der Waals surface area contributed by atoms with E-state index in [0.29, 0.717) is 16.4 Å². The van der Waals surface area contributed by atoms with E-state index in [9.17, 15) is 19.7 Å². The van der Waals surface area contributed by atoms with Crippen molar-refractivity contribution in [2.45, 2.75) is 6.42 Å². The molecule has 2 aromatic carbocycles. The SMILES string of the molecule is O=C(Nc1cccc([N+](=O)[O-])c1)[C@H]1CC(=O)N(c2cccc(Cl)c2)C1. The number of nitrogens with zero attached hydrogens (tertiary/aromatic N) is 2. The second-order valence-electron chi connectivity index (χ2n) is 5.68. The Morgan fingerprint density at radius 3 is 2.72 bits per heavy atom. The molecule has 0 spiro atoms. The minimum atomic E-state index is -0.536. The Morgan fingerprint density at radius 1 is 1.24 bits per heavy atom. The minimum absolute atomic E-state index is 0.0767. The van der Waals surface area contributed by atoms with Gasteiger partial charge >= 0.3 is 0 Å². The summed E-state index contributed by atoms with van der Waals surface area (Å²) in [7, 11) is 0. The van der Waals surface area contributed by atoms with Crippen molar-refractivity contribution >= 4 is 40.5 Å². The van der Waals surface area contributed by atoms with Gasteiger partial charge in [-0.05, 0) is 24.3 Å². The fraction of sp³-hybridized carbons (Fsp3) is 0.176. The highest BCUT2D eigenvalue weighted by Gasteiger charge is 2.35. The van der Waals surface area contributed by atoms with Gasteiger partial charge in [0, 0.05) is 41.5 Å². The number of nitro benzene ring substituents is 1. The lowest BCUT2D eigenvalue weighted by atomic mass is 10.1. The summed E-state index contributed by atoms with van der Waals surface area (Å²) in [5.41, 5.74) is 0.858. The van der Waals surface area contributed by atoms with Crippen LogP contribution in [0.25, 0.3) is 0 Å². The molecule has 1 fully saturated rings. The molecule has 1 aliphatic heterocycles. The van der Waals surface area contributed by atoms with E-state index in [1.165, 1.54) is 23.1 Å². The van der Waals surface area contributed by atoms with Crippen LogP contribution in [0.2, 0.25) is 5.02 Å². The third kappa shape index (κ3) is 3.77. The van der Waals surface area contributed by atoms with Gasteiger partial charge in [-0.15, -0.1) is 0 Å². The summed E-state index contributed by atoms with van der Waals surface area (Å²) in [5, 5.41) is 13.9. The molecule has 0 radical (unpaired) electrons. The molecular weight excluding hydrogens is 346 g/mol. The first kappa shape index (κ1) is 16.9. The Kier molecular flexibility index (Phi) is 4.67. The largest absolute Gasteiger partial charge is 0.326 e. The van der Waals surface area contributed by atoms with Gasteiger partial charge in [-0.2, -0.15) is 0 Å². The first-order valence-electron chi connectivity index (χ1n) is 7.55. The standard InChI is InChI=1S/C17H14ClN3O4/c18-12-3-1-5-14(8-12)20-10-11(7-16(20)22)17(23)19-13-4-2-6-15(9-13)21(24)25/h1-6,8-9,11H,7,10H2,(H,19,23)/t11-/m0/s1. The van der Waals surface area contributed by atoms with E-state index in [4.69, 9.17) is 11.6 Å². The van der Waals surface area contributed by atoms with Crippen molar-refractivity contribution in [1.29, 1.82) is 0 Å². The number of hydrogen-bond acceptors (Lipinski definition) is 4. The fourth-order valence-electron chi connectivity index (χ4n) is 2.72. The molecule has 8 heteroatoms. The van der Waals surface area contributed by atoms with Crippen molar-refractivity contribution in [3.63, 3.8) is 0 Å². The molecule has 2 aromatic rings. The summed E-state index contributed by atoms with van der Waals surface area (Å²) in [6.45, 7) is 0.236. The number of carbonyl (C=O) groups excluding carboxylic acids is 2. The van der Waals surface area contributed by atoms with Crippen LogP contribution in [0.3, 0.4) is 0 Å². The fourth-order valence-corrected chi connectivity index (χ4v) is 2.90. The van der Waals surface area contributed by atoms with Gasteiger partial charge in [-0.3, -0.25) is 19.7 Å². The smallest absolute Gasteiger partial charge is 0.271 e. The maximum atomic E-state index is 12.4. The number of amides is 2. The Hall–Kier alpha value is -2.93. The van der Waals surface area contributed by atoms with Crippen LogP contribution < -0.4 is 10.2 Å². The molecule has 1 aliphatic rings. The second-order valence-corrected chi connectivity index (χ2v) is 6.12. The van der Waals surface area contributed by atoms with Crippen LogP contribution in [0.5, 0.6) is 0 Å². The van der Waals surface area contributed by atoms with Crippen LogP contribution in [0.1, 0.15) is 6.42 Å². The molecule has 0 aromatic heterocycles. The number of non-ortho nitro benzene ring substituents is 1. The lowest BCUT2D eigenvalue weighted by Gasteiger charge is -2.17. The van der Waals surface area contributed by atoms with Crippen LogP contribution in [-0.2, 0) is 9.59 Å². The average molecular weight is 360 g/mol. The molecular formula is C17H14ClN3O4. The van der Waals surface area contributed by atoms with Crippen LogP contribution in [0, 0.1) is 16.0 Å². The molecule has 1 atom stereocenters. The zero-order valence-electron chi connectivity index (χ0n) is 13.0. The molecule has 2 amide bonds. The van der Waals surface area contributed by atoms with Gasteiger partial charge in [0.1, 0.15) is 0 Å². The third-order valence-electron chi connectivity index (χ3n) is 3.94. The summed E-state index contributed by atoms with van der Waals surface area (Å²) < 4.78 is 0. The predicted molar refractivity (Wildman–Crippen MR) is 93.6 cm³/mol. The molecule has 0 saturated carbocycles. The lowest BCUT2D eigenvalue weighted by molar-refractivity contribution is -0.384. The minimum Gasteiger partial charge on any atom is -0.326 e. The summed E-state index contributed by atoms with van der Waals surface area (Å²) >= 11 is 5.95. The van der Waals surface area contributed by atoms with Gasteiger partial charge in [0.05, 0.1) is 10.8 Å². The van der Waals surface area contributed by atoms with Crippen LogP contribution in [-0.4, -0.2) is 23.3 Å². The van der Waals surface area contributed by atoms with Crippen molar-refractivity contribution in [2.24, 2.45) is 5.92 Å². The monoisotopic (exact) mass is 359 g/mol. The summed E-state index contributed by atoms with van der Waals surface area (Å²) in [5.74, 6) is -1.05. The molecule has 128 valence electrons. The summed E-state index contributed by atoms with van der Waals surface area (Å²) in [6.07, 6.45) is 0.0767. The molecule has 0 aliphatic carbocycles. The van der Waals surface area contributed by atoms with E-state index in [1.807, 2.05) is 0 Å². The zero-order chi connectivity index (χ0) is 18.0. The second kappa shape index (κ2) is 6.90. The molecule has 1 N–H and O–H groups in total. The number of hydrogen-bond donors (Lipinski definition) is 1. The Bertz CT molecular complexity index is 855. The van der Waals surface area contributed by atoms with Crippen molar-refractivity contribution in [2.75, 3.05) is 16.8 Å². The number of anilines is 2. The highest BCUT2D eigenvalue weighted by Crippen LogP contribution is 2.28. The van der Waals surface area contributed by atoms with Crippen LogP contribution >= 0.6 is 11.6 Å². The van der Waals surface area contributed by atoms with Crippen LogP contribution in [0.4, 0.5) is 17.1 Å². The number of nitro groups is 1. The number of rotatable bonds is 4. The third-order valence-corrected chi connectivity index (χ3v) is 4.18. The maximum absolute atomic E-state index is 12.4. The molecule has 0 unspecified atom stereocenters. The molecule has 0 bridgehead atoms. The van der Waals surface area contributed by atoms with Gasteiger partial charge in [0.15, 0.2) is 0 Å². The van der Waals surface area contributed by atoms with E-state index >= 15 is 0 Å². The van der Waals surface area contributed by atoms with E-state index in [-0.39, 0.29) is 30.5 Å². The molecule has 1 heterocycles. The Balaban J connectivity index is 1.71. The molecule has 3 rings (SSSR count). The van der Waals surface area contributed by atoms with Gasteiger partial charge < -0.3 is 10.2 Å². The number of nitrogens with one attached hydrogen (secondary N) is 1. The predicted octanol–water partition coefficient (Wildman–Crippen LogP) is 3.24. The van der Waals surface area contributed by atoms with Gasteiger partial charge in [0.2, 0.25) is 11.8 Å². The number of halogens is 1. The van der Waals surface area contributed by atoms with E-state index < -0.39 is 10.8 Å². The summed E-state index contributed by atoms with van der Waals surface area (Å²) in [6, 6.07) is 12.5. The van der Waals surface area contributed by atoms with Crippen molar-refractivity contribution in [3.8, 4) is 0 Å². The van der Waals surface area contributed by atoms with Crippen molar-refractivity contribution in [3.05, 3.63) is 63.7 Å². The topological polar surface area (TPSA) is 92.5 Å². The quantitative estimate of drug-likeness (QED) is 0.670. The normalized spacial score (nSPS) is 16.8. The highest BCUT2D eigenvalue weighted by molar-refractivity contribution is 6.31. The number of carbonyl (C=O) groups is 2. The zero-order valence-corrected chi connectivity index (χ0v) is 13.8. The first-order valence-corrected chi connectivity index (χ1v) is 7.93. The highest BCUT2D eigenvalue weighted by atomic mass is 35.5. The maximum Gasteiger partial charge on any atom is 0.271 e. The van der Waals surface area contributed by atoms with Gasteiger partial charge in [-0.25, -0.2) is 0 Å². The van der Waals surface area contributed by atoms with Gasteiger partial charge in [-0.1, -0.05) is 23.7 Å². The Labute approximate surface area is 148 Å². The number of benzene rings is 2. The lowest BCUT2D eigenvalue weighted by Crippen LogP contribution is -2.28. The van der Waals surface area contributed by atoms with Gasteiger partial charge in [0.25, 0.3) is 5.69 Å².